The van der Waals surface area contributed by atoms with Crippen LogP contribution in [0.2, 0.25) is 1.41 Å². The maximum atomic E-state index is 13.2. The highest BCUT2D eigenvalue weighted by molar-refractivity contribution is 7.99. The Morgan fingerprint density at radius 1 is 0.882 bits per heavy atom. The number of aromatic nitrogens is 3. The van der Waals surface area contributed by atoms with Crippen LogP contribution in [-0.2, 0) is 14.1 Å². The Bertz CT molecular complexity index is 1900. The van der Waals surface area contributed by atoms with Crippen molar-refractivity contribution in [1.82, 2.24) is 29.7 Å². The lowest BCUT2D eigenvalue weighted by Gasteiger charge is -2.26. The second kappa shape index (κ2) is 17.5. The fourth-order valence-corrected chi connectivity index (χ4v) is 6.45. The monoisotopic (exact) mass is 710 g/mol. The van der Waals surface area contributed by atoms with Crippen LogP contribution >= 0.6 is 11.8 Å². The van der Waals surface area contributed by atoms with E-state index in [0.29, 0.717) is 59.4 Å². The van der Waals surface area contributed by atoms with Crippen molar-refractivity contribution in [3.05, 3.63) is 95.3 Å². The third kappa shape index (κ3) is 10.6. The van der Waals surface area contributed by atoms with Gasteiger partial charge in [0.1, 0.15) is 11.4 Å². The number of nitrogens with zero attached hydrogens (tertiary/aromatic N) is 5. The molecular weight excluding hydrogens is 665 g/mol. The van der Waals surface area contributed by atoms with E-state index in [1.807, 2.05) is 67.2 Å². The first-order valence-electron chi connectivity index (χ1n) is 17.2. The van der Waals surface area contributed by atoms with E-state index in [1.54, 1.807) is 59.9 Å². The van der Waals surface area contributed by atoms with Gasteiger partial charge in [-0.05, 0) is 48.0 Å². The van der Waals surface area contributed by atoms with Crippen molar-refractivity contribution in [3.63, 3.8) is 0 Å². The highest BCUT2D eigenvalue weighted by Crippen LogP contribution is 2.19. The molecule has 3 aromatic heterocycles. The quantitative estimate of drug-likeness (QED) is 0.0964. The molecule has 1 aromatic carbocycles. The minimum absolute atomic E-state index is 0.304. The molecule has 1 aliphatic heterocycles. The van der Waals surface area contributed by atoms with Gasteiger partial charge < -0.3 is 35.3 Å². The SMILES string of the molecule is [H]/N=C(\CCNC(=O)c1cc(NC(=O)c2cc(NC(=O)c3ccc(C=Cc4ccc(N(C)C)cc4)nc3)cn2C)cn1C)NCCN1CCSCC1. The van der Waals surface area contributed by atoms with Crippen molar-refractivity contribution in [3.8, 4) is 0 Å². The topological polar surface area (TPSA) is 152 Å². The molecule has 1 aliphatic rings. The summed E-state index contributed by atoms with van der Waals surface area (Å²) in [6.45, 7) is 4.03. The number of amides is 3. The Morgan fingerprint density at radius 3 is 2.18 bits per heavy atom. The Hall–Kier alpha value is -5.34. The summed E-state index contributed by atoms with van der Waals surface area (Å²) in [6.07, 6.45) is 9.07. The highest BCUT2D eigenvalue weighted by atomic mass is 32.2. The standard InChI is InChI=1S/C37H46N10O3S/c1-44(2)31-11-6-26(7-12-31)5-9-28-10-8-27(23-41-28)35(48)42-29-22-33(46(4)24-29)37(50)43-30-21-32(45(3)25-30)36(49)40-14-13-34(38)39-15-16-47-17-19-51-20-18-47/h5-12,21-25H,13-20H2,1-4H3,(H2,38,39)(H,40,49)(H,42,48)(H,43,50). The molecule has 5 rings (SSSR count). The normalized spacial score (nSPS) is 13.9. The number of hydrogen-bond donors (Lipinski definition) is 5. The van der Waals surface area contributed by atoms with Crippen molar-refractivity contribution in [2.24, 2.45) is 14.1 Å². The van der Waals surface area contributed by atoms with Gasteiger partial charge in [-0.1, -0.05) is 18.2 Å². The van der Waals surface area contributed by atoms with E-state index in [2.05, 4.69) is 36.6 Å². The molecule has 1 saturated heterocycles. The lowest BCUT2D eigenvalue weighted by molar-refractivity contribution is 0.0945. The van der Waals surface area contributed by atoms with Gasteiger partial charge >= 0.3 is 0 Å². The van der Waals surface area contributed by atoms with Crippen LogP contribution in [0.3, 0.4) is 0 Å². The van der Waals surface area contributed by atoms with Crippen LogP contribution in [0.4, 0.5) is 17.1 Å². The minimum atomic E-state index is -0.402. The number of carbonyl (C=O) groups excluding carboxylic acids is 3. The third-order valence-corrected chi connectivity index (χ3v) is 9.35. The van der Waals surface area contributed by atoms with Crippen LogP contribution in [0.25, 0.3) is 12.2 Å². The summed E-state index contributed by atoms with van der Waals surface area (Å²) in [5.74, 6) is 1.74. The first-order valence-corrected chi connectivity index (χ1v) is 17.9. The Balaban J connectivity index is 1.09. The summed E-state index contributed by atoms with van der Waals surface area (Å²) < 4.78 is 10.7. The summed E-state index contributed by atoms with van der Waals surface area (Å²) in [5, 5.41) is 15.3. The van der Waals surface area contributed by atoms with Crippen LogP contribution in [0.15, 0.2) is 67.1 Å². The predicted molar refractivity (Wildman–Crippen MR) is 207 cm³/mol. The smallest absolute Gasteiger partial charge is 0.272 e. The number of benzene rings is 1. The van der Waals surface area contributed by atoms with Gasteiger partial charge in [0.05, 0.1) is 28.5 Å². The van der Waals surface area contributed by atoms with Crippen LogP contribution in [0.5, 0.6) is 0 Å². The zero-order valence-electron chi connectivity index (χ0n) is 30.5. The Morgan fingerprint density at radius 2 is 1.55 bits per heavy atom. The van der Waals surface area contributed by atoms with E-state index in [-0.39, 0.29) is 11.8 Å². The van der Waals surface area contributed by atoms with Crippen molar-refractivity contribution < 1.29 is 15.8 Å². The molecule has 4 heterocycles. The second-order valence-corrected chi connectivity index (χ2v) is 13.7. The lowest BCUT2D eigenvalue weighted by atomic mass is 10.1. The molecule has 268 valence electrons. The molecule has 5 N–H and O–H groups in total. The maximum absolute atomic E-state index is 13.2. The Kier molecular flexibility index (Phi) is 12.2. The van der Waals surface area contributed by atoms with Crippen LogP contribution in [0.1, 0.15) is 49.0 Å². The number of nitrogens with one attached hydrogen (secondary N) is 5. The molecule has 0 unspecified atom stereocenters. The van der Waals surface area contributed by atoms with Gasteiger partial charge in [0.25, 0.3) is 17.7 Å². The number of rotatable bonds is 14. The average Bonchev–Trinajstić information content (AvgIpc) is 3.71. The summed E-state index contributed by atoms with van der Waals surface area (Å²) in [4.78, 5) is 47.9. The number of anilines is 3. The molecule has 3 amide bonds. The lowest BCUT2D eigenvalue weighted by Crippen LogP contribution is -2.39. The molecule has 0 saturated carbocycles. The highest BCUT2D eigenvalue weighted by Gasteiger charge is 2.18. The molecule has 1 fully saturated rings. The van der Waals surface area contributed by atoms with Crippen LogP contribution in [0, 0.1) is 5.40 Å². The summed E-state index contributed by atoms with van der Waals surface area (Å²) in [5.41, 5.74) is 4.83. The molecule has 0 radical (unpaired) electrons. The minimum Gasteiger partial charge on any atom is -0.378 e. The first-order chi connectivity index (χ1) is 25.1. The summed E-state index contributed by atoms with van der Waals surface area (Å²) in [6, 6.07) is 14.8. The van der Waals surface area contributed by atoms with Gasteiger partial charge in [-0.15, -0.1) is 0 Å². The zero-order chi connectivity index (χ0) is 37.0. The van der Waals surface area contributed by atoms with Crippen molar-refractivity contribution in [2.75, 3.05) is 73.9 Å². The molecule has 51 heavy (non-hydrogen) atoms. The fraction of sp³-hybridized carbons (Fsp3) is 0.324. The van der Waals surface area contributed by atoms with E-state index < -0.39 is 5.91 Å². The van der Waals surface area contributed by atoms with Crippen molar-refractivity contribution >= 4 is 64.5 Å². The molecule has 14 heteroatoms. The van der Waals surface area contributed by atoms with E-state index in [0.717, 1.165) is 42.4 Å². The van der Waals surface area contributed by atoms with Gasteiger partial charge in [0.15, 0.2) is 1.41 Å². The maximum Gasteiger partial charge on any atom is 0.272 e. The fourth-order valence-electron chi connectivity index (χ4n) is 5.48. The summed E-state index contributed by atoms with van der Waals surface area (Å²) >= 11 is 1.97. The van der Waals surface area contributed by atoms with Gasteiger partial charge in [-0.25, -0.2) is 0 Å². The number of carbonyl (C=O) groups is 3. The van der Waals surface area contributed by atoms with Crippen molar-refractivity contribution in [2.45, 2.75) is 6.42 Å². The number of aryl methyl sites for hydroxylation is 2. The first kappa shape index (κ1) is 35.5. The molecule has 4 aromatic rings. The predicted octanol–water partition coefficient (Wildman–Crippen LogP) is 4.24. The van der Waals surface area contributed by atoms with E-state index in [9.17, 15) is 14.4 Å². The van der Waals surface area contributed by atoms with E-state index in [4.69, 9.17) is 1.41 Å². The van der Waals surface area contributed by atoms with Crippen LogP contribution < -0.4 is 26.2 Å². The molecule has 13 nitrogen and oxygen atoms in total. The molecule has 0 aliphatic carbocycles. The van der Waals surface area contributed by atoms with Gasteiger partial charge in [-0.3, -0.25) is 29.7 Å². The third-order valence-electron chi connectivity index (χ3n) is 8.40. The number of thioether (sulfide) groups is 1. The molecule has 0 atom stereocenters. The zero-order valence-corrected chi connectivity index (χ0v) is 30.3. The number of amidine groups is 1. The van der Waals surface area contributed by atoms with Gasteiger partial charge in [0.2, 0.25) is 0 Å². The molecular formula is C37H46N10O3S. The van der Waals surface area contributed by atoms with Crippen LogP contribution in [-0.4, -0.2) is 101 Å². The van der Waals surface area contributed by atoms with Crippen molar-refractivity contribution in [1.29, 1.82) is 5.40 Å². The summed E-state index contributed by atoms with van der Waals surface area (Å²) in [7, 11) is 7.43. The van der Waals surface area contributed by atoms with E-state index in [1.165, 1.54) is 6.20 Å². The van der Waals surface area contributed by atoms with Gasteiger partial charge in [-0.2, -0.15) is 11.8 Å². The largest absolute Gasteiger partial charge is 0.378 e. The average molecular weight is 711 g/mol. The Labute approximate surface area is 304 Å². The molecule has 0 spiro atoms. The number of hydrogen-bond acceptors (Lipinski definition) is 8. The molecule has 0 bridgehead atoms. The second-order valence-electron chi connectivity index (χ2n) is 12.5. The van der Waals surface area contributed by atoms with E-state index >= 15 is 0 Å². The van der Waals surface area contributed by atoms with Gasteiger partial charge in [0, 0.05) is 103 Å². The number of pyridine rings is 1.